The molecular weight excluding hydrogens is 392 g/mol. The summed E-state index contributed by atoms with van der Waals surface area (Å²) in [7, 11) is 0. The number of aliphatic carboxylic acids is 2. The Hall–Kier alpha value is -3.73. The van der Waals surface area contributed by atoms with Gasteiger partial charge in [0.25, 0.3) is 0 Å². The van der Waals surface area contributed by atoms with Gasteiger partial charge in [-0.05, 0) is 35.3 Å². The van der Waals surface area contributed by atoms with Crippen LogP contribution in [0, 0.1) is 11.8 Å². The lowest BCUT2D eigenvalue weighted by atomic mass is 9.52. The number of allylic oxidation sites excluding steroid dienone is 5. The van der Waals surface area contributed by atoms with Crippen LogP contribution >= 0.6 is 0 Å². The third kappa shape index (κ3) is 3.13. The maximum absolute atomic E-state index is 13.5. The van der Waals surface area contributed by atoms with Crippen LogP contribution in [0.1, 0.15) is 51.4 Å². The number of carbonyl (C=O) groups excluding carboxylic acids is 1. The van der Waals surface area contributed by atoms with Crippen molar-refractivity contribution >= 4 is 23.3 Å². The molecule has 4 rings (SSSR count). The molecule has 1 fully saturated rings. The maximum atomic E-state index is 13.5. The summed E-state index contributed by atoms with van der Waals surface area (Å²) < 4.78 is 0. The number of carboxylic acids is 2. The number of benzene rings is 2. The highest BCUT2D eigenvalue weighted by Crippen LogP contribution is 2.60. The van der Waals surface area contributed by atoms with E-state index in [1.54, 1.807) is 48.6 Å². The van der Waals surface area contributed by atoms with Crippen molar-refractivity contribution in [2.45, 2.75) is 18.8 Å². The third-order valence-electron chi connectivity index (χ3n) is 6.40. The molecule has 2 aromatic carbocycles. The first-order chi connectivity index (χ1) is 14.9. The van der Waals surface area contributed by atoms with Crippen molar-refractivity contribution in [2.75, 3.05) is 0 Å². The molecule has 156 valence electrons. The molecule has 2 N–H and O–H groups in total. The van der Waals surface area contributed by atoms with Crippen molar-refractivity contribution in [3.05, 3.63) is 101 Å². The highest BCUT2D eigenvalue weighted by molar-refractivity contribution is 6.12. The first kappa shape index (κ1) is 20.5. The van der Waals surface area contributed by atoms with Gasteiger partial charge >= 0.3 is 11.9 Å². The van der Waals surface area contributed by atoms with Gasteiger partial charge in [-0.15, -0.1) is 0 Å². The van der Waals surface area contributed by atoms with Crippen molar-refractivity contribution < 1.29 is 24.6 Å². The molecule has 0 saturated heterocycles. The quantitative estimate of drug-likeness (QED) is 0.695. The Bertz CT molecular complexity index is 1170. The van der Waals surface area contributed by atoms with E-state index in [1.165, 1.54) is 0 Å². The minimum atomic E-state index is -1.15. The Balaban J connectivity index is 1.95. The molecule has 31 heavy (non-hydrogen) atoms. The van der Waals surface area contributed by atoms with Gasteiger partial charge in [0.05, 0.1) is 11.8 Å². The van der Waals surface area contributed by atoms with E-state index in [1.807, 2.05) is 25.1 Å². The van der Waals surface area contributed by atoms with Crippen molar-refractivity contribution in [1.82, 2.24) is 0 Å². The van der Waals surface area contributed by atoms with E-state index in [0.717, 1.165) is 11.1 Å². The molecule has 0 amide bonds. The summed E-state index contributed by atoms with van der Waals surface area (Å²) in [6, 6.07) is 12.4. The molecule has 2 aliphatic rings. The molecule has 0 bridgehead atoms. The van der Waals surface area contributed by atoms with Crippen LogP contribution in [0.15, 0.2) is 73.3 Å². The number of fused-ring (bicyclic) bond motifs is 5. The first-order valence-corrected chi connectivity index (χ1v) is 10.1. The Labute approximate surface area is 180 Å². The molecule has 4 atom stereocenters. The summed E-state index contributed by atoms with van der Waals surface area (Å²) in [6.45, 7) is 5.57. The molecule has 2 aromatic rings. The Kier molecular flexibility index (Phi) is 5.19. The van der Waals surface area contributed by atoms with Gasteiger partial charge in [-0.3, -0.25) is 14.4 Å². The second kappa shape index (κ2) is 7.84. The number of carbonyl (C=O) groups is 3. The van der Waals surface area contributed by atoms with Crippen molar-refractivity contribution in [3.63, 3.8) is 0 Å². The minimum absolute atomic E-state index is 0.210. The molecular formula is C26H22O5. The summed E-state index contributed by atoms with van der Waals surface area (Å²) >= 11 is 0. The van der Waals surface area contributed by atoms with Crippen LogP contribution in [-0.4, -0.2) is 27.9 Å². The van der Waals surface area contributed by atoms with Crippen molar-refractivity contribution in [1.29, 1.82) is 0 Å². The number of carboxylic acid groups (broad SMARTS) is 2. The Morgan fingerprint density at radius 1 is 0.935 bits per heavy atom. The van der Waals surface area contributed by atoms with Gasteiger partial charge in [0.2, 0.25) is 0 Å². The normalized spacial score (nSPS) is 24.4. The van der Waals surface area contributed by atoms with Gasteiger partial charge in [-0.2, -0.15) is 0 Å². The fourth-order valence-electron chi connectivity index (χ4n) is 5.03. The third-order valence-corrected chi connectivity index (χ3v) is 6.40. The van der Waals surface area contributed by atoms with E-state index in [0.29, 0.717) is 22.3 Å². The average Bonchev–Trinajstić information content (AvgIpc) is 2.80. The molecule has 2 aliphatic carbocycles. The largest absolute Gasteiger partial charge is 0.481 e. The zero-order chi connectivity index (χ0) is 22.3. The summed E-state index contributed by atoms with van der Waals surface area (Å²) in [5, 5.41) is 19.6. The topological polar surface area (TPSA) is 91.7 Å². The van der Waals surface area contributed by atoms with Gasteiger partial charge in [-0.25, -0.2) is 0 Å². The zero-order valence-electron chi connectivity index (χ0n) is 17.0. The molecule has 4 unspecified atom stereocenters. The number of hydrogen-bond acceptors (Lipinski definition) is 3. The van der Waals surface area contributed by atoms with Crippen LogP contribution < -0.4 is 0 Å². The molecule has 0 aromatic heterocycles. The fraction of sp³-hybridized carbons (Fsp3) is 0.192. The number of ketones is 1. The van der Waals surface area contributed by atoms with E-state index < -0.39 is 35.6 Å². The number of hydrogen-bond donors (Lipinski definition) is 2. The standard InChI is InChI=1S/C26H22O5/c1-3-5-8-14(4-2)15-11-12-17-19(13-15)24(27)18-10-7-6-9-16(18)20-21(17)23(26(30)31)22(20)25(28)29/h3-13,20-23H,1H2,2H3,(H,28,29)(H,30,31)/b8-5-,14-4+. The summed E-state index contributed by atoms with van der Waals surface area (Å²) in [4.78, 5) is 37.5. The average molecular weight is 414 g/mol. The predicted octanol–water partition coefficient (Wildman–Crippen LogP) is 4.66. The van der Waals surface area contributed by atoms with Crippen LogP contribution in [-0.2, 0) is 9.59 Å². The monoisotopic (exact) mass is 414 g/mol. The molecule has 5 nitrogen and oxygen atoms in total. The number of rotatable bonds is 5. The lowest BCUT2D eigenvalue weighted by molar-refractivity contribution is -0.164. The maximum Gasteiger partial charge on any atom is 0.308 e. The Morgan fingerprint density at radius 3 is 2.13 bits per heavy atom. The molecule has 0 heterocycles. The van der Waals surface area contributed by atoms with E-state index in [2.05, 4.69) is 6.58 Å². The summed E-state index contributed by atoms with van der Waals surface area (Å²) in [5.74, 6) is -5.82. The van der Waals surface area contributed by atoms with Gasteiger partial charge in [-0.1, -0.05) is 67.3 Å². The van der Waals surface area contributed by atoms with Crippen molar-refractivity contribution in [3.8, 4) is 0 Å². The SMILES string of the molecule is C=C/C=C\C(=C/C)c1ccc2c(c1)C(=O)c1ccccc1C1C(C(=O)O)C(C(=O)O)C21. The van der Waals surface area contributed by atoms with E-state index in [-0.39, 0.29) is 5.78 Å². The van der Waals surface area contributed by atoms with E-state index in [4.69, 9.17) is 0 Å². The lowest BCUT2D eigenvalue weighted by Gasteiger charge is -2.48. The Morgan fingerprint density at radius 2 is 1.55 bits per heavy atom. The van der Waals surface area contributed by atoms with Gasteiger partial charge in [0.15, 0.2) is 5.78 Å². The molecule has 0 radical (unpaired) electrons. The van der Waals surface area contributed by atoms with Crippen LogP contribution in [0.2, 0.25) is 0 Å². The van der Waals surface area contributed by atoms with Crippen LogP contribution in [0.25, 0.3) is 5.57 Å². The molecule has 1 saturated carbocycles. The fourth-order valence-corrected chi connectivity index (χ4v) is 5.03. The van der Waals surface area contributed by atoms with Gasteiger partial charge in [0, 0.05) is 23.0 Å². The minimum Gasteiger partial charge on any atom is -0.481 e. The molecule has 0 spiro atoms. The highest BCUT2D eigenvalue weighted by Gasteiger charge is 2.60. The van der Waals surface area contributed by atoms with E-state index >= 15 is 0 Å². The van der Waals surface area contributed by atoms with Crippen molar-refractivity contribution in [2.24, 2.45) is 11.8 Å². The molecule has 5 heteroatoms. The van der Waals surface area contributed by atoms with Crippen LogP contribution in [0.5, 0.6) is 0 Å². The zero-order valence-corrected chi connectivity index (χ0v) is 17.0. The highest BCUT2D eigenvalue weighted by atomic mass is 16.4. The summed E-state index contributed by atoms with van der Waals surface area (Å²) in [5.41, 5.74) is 3.80. The predicted molar refractivity (Wildman–Crippen MR) is 117 cm³/mol. The van der Waals surface area contributed by atoms with Gasteiger partial charge < -0.3 is 10.2 Å². The second-order valence-electron chi connectivity index (χ2n) is 7.84. The van der Waals surface area contributed by atoms with E-state index in [9.17, 15) is 24.6 Å². The van der Waals surface area contributed by atoms with Crippen LogP contribution in [0.3, 0.4) is 0 Å². The first-order valence-electron chi connectivity index (χ1n) is 10.1. The van der Waals surface area contributed by atoms with Crippen LogP contribution in [0.4, 0.5) is 0 Å². The second-order valence-corrected chi connectivity index (χ2v) is 7.84. The lowest BCUT2D eigenvalue weighted by Crippen LogP contribution is -2.51. The summed E-state index contributed by atoms with van der Waals surface area (Å²) in [6.07, 6.45) is 7.27. The van der Waals surface area contributed by atoms with Gasteiger partial charge in [0.1, 0.15) is 0 Å². The molecule has 0 aliphatic heterocycles. The smallest absolute Gasteiger partial charge is 0.308 e.